The Labute approximate surface area is 284 Å². The summed E-state index contributed by atoms with van der Waals surface area (Å²) >= 11 is 5.16. The van der Waals surface area contributed by atoms with E-state index in [2.05, 4.69) is 31.2 Å². The van der Waals surface area contributed by atoms with Gasteiger partial charge in [0.15, 0.2) is 9.84 Å². The molecule has 47 heavy (non-hydrogen) atoms. The molecule has 2 aromatic heterocycles. The third-order valence-corrected chi connectivity index (χ3v) is 10.5. The maximum absolute atomic E-state index is 13.5. The molecule has 0 fully saturated rings. The third kappa shape index (κ3) is 8.58. The van der Waals surface area contributed by atoms with Crippen molar-refractivity contribution in [2.75, 3.05) is 24.3 Å². The lowest BCUT2D eigenvalue weighted by Gasteiger charge is -2.12. The lowest BCUT2D eigenvalue weighted by molar-refractivity contribution is 0.146. The normalized spacial score (nSPS) is 11.5. The van der Waals surface area contributed by atoms with Crippen LogP contribution in [0.25, 0.3) is 22.2 Å². The molecule has 0 saturated carbocycles. The molecule has 2 heterocycles. The van der Waals surface area contributed by atoms with Gasteiger partial charge < -0.3 is 14.8 Å². The molecule has 0 atom stereocenters. The molecular weight excluding hydrogens is 703 g/mol. The van der Waals surface area contributed by atoms with Crippen molar-refractivity contribution >= 4 is 59.5 Å². The van der Waals surface area contributed by atoms with Crippen molar-refractivity contribution in [2.45, 2.75) is 24.3 Å². The van der Waals surface area contributed by atoms with E-state index in [-0.39, 0.29) is 24.8 Å². The SMILES string of the molecule is O=S(=O)(CCOCCCc1nc(-c2ccc3ncnc(Nc4ccc(OCc5cccc(F)c5)c(Br)c4)c3c2)cs1)c1ccccc1. The molecule has 240 valence electrons. The number of fused-ring (bicyclic) bond motifs is 1. The van der Waals surface area contributed by atoms with Crippen LogP contribution in [0.3, 0.4) is 0 Å². The van der Waals surface area contributed by atoms with Crippen molar-refractivity contribution < 1.29 is 22.3 Å². The number of nitrogens with zero attached hydrogens (tertiary/aromatic N) is 3. The predicted octanol–water partition coefficient (Wildman–Crippen LogP) is 8.40. The van der Waals surface area contributed by atoms with Gasteiger partial charge in [-0.2, -0.15) is 0 Å². The molecule has 1 N–H and O–H groups in total. The van der Waals surface area contributed by atoms with Crippen LogP contribution in [-0.2, 0) is 27.6 Å². The summed E-state index contributed by atoms with van der Waals surface area (Å²) in [6, 6.07) is 26.4. The van der Waals surface area contributed by atoms with E-state index in [4.69, 9.17) is 14.5 Å². The zero-order valence-electron chi connectivity index (χ0n) is 25.1. The van der Waals surface area contributed by atoms with Crippen molar-refractivity contribution in [1.29, 1.82) is 0 Å². The van der Waals surface area contributed by atoms with Gasteiger partial charge in [0.25, 0.3) is 0 Å². The topological polar surface area (TPSA) is 103 Å². The Morgan fingerprint density at radius 2 is 1.79 bits per heavy atom. The number of hydrogen-bond acceptors (Lipinski definition) is 9. The number of benzene rings is 4. The second-order valence-corrected chi connectivity index (χ2v) is 14.5. The number of thiazole rings is 1. The standard InChI is InChI=1S/C35H30BrFN4O4S2/c36-30-20-27(12-14-33(30)45-21-24-6-4-7-26(37)18-24)40-35-29-19-25(11-13-31(29)38-23-39-35)32-22-46-34(41-32)10-5-15-44-16-17-47(42,43)28-8-2-1-3-9-28/h1-4,6-9,11-14,18-20,22-23H,5,10,15-17,21H2,(H,38,39,40). The number of aryl methyl sites for hydroxylation is 1. The zero-order chi connectivity index (χ0) is 32.6. The summed E-state index contributed by atoms with van der Waals surface area (Å²) in [5, 5.41) is 7.24. The van der Waals surface area contributed by atoms with E-state index >= 15 is 0 Å². The van der Waals surface area contributed by atoms with Gasteiger partial charge in [-0.05, 0) is 82.5 Å². The molecule has 0 radical (unpaired) electrons. The molecule has 0 aliphatic heterocycles. The van der Waals surface area contributed by atoms with Gasteiger partial charge in [0.1, 0.15) is 30.3 Å². The maximum atomic E-state index is 13.5. The number of nitrogens with one attached hydrogen (secondary N) is 1. The minimum Gasteiger partial charge on any atom is -0.488 e. The highest BCUT2D eigenvalue weighted by Crippen LogP contribution is 2.33. The van der Waals surface area contributed by atoms with E-state index in [1.54, 1.807) is 47.7 Å². The molecule has 6 rings (SSSR count). The molecule has 8 nitrogen and oxygen atoms in total. The van der Waals surface area contributed by atoms with Crippen molar-refractivity contribution in [3.8, 4) is 17.0 Å². The van der Waals surface area contributed by atoms with E-state index in [0.717, 1.165) is 55.7 Å². The monoisotopic (exact) mass is 732 g/mol. The molecule has 0 aliphatic rings. The Kier molecular flexibility index (Phi) is 10.5. The molecule has 4 aromatic carbocycles. The first-order chi connectivity index (χ1) is 22.8. The summed E-state index contributed by atoms with van der Waals surface area (Å²) in [5.74, 6) is 0.945. The van der Waals surface area contributed by atoms with Gasteiger partial charge in [-0.1, -0.05) is 36.4 Å². The van der Waals surface area contributed by atoms with E-state index in [1.807, 2.05) is 47.8 Å². The Balaban J connectivity index is 1.05. The van der Waals surface area contributed by atoms with Crippen molar-refractivity contribution in [1.82, 2.24) is 15.0 Å². The van der Waals surface area contributed by atoms with Gasteiger partial charge in [-0.3, -0.25) is 0 Å². The van der Waals surface area contributed by atoms with Gasteiger partial charge in [0.2, 0.25) is 0 Å². The molecule has 0 aliphatic carbocycles. The molecule has 6 aromatic rings. The van der Waals surface area contributed by atoms with Crippen LogP contribution in [0.2, 0.25) is 0 Å². The van der Waals surface area contributed by atoms with E-state index in [0.29, 0.717) is 23.1 Å². The fourth-order valence-electron chi connectivity index (χ4n) is 4.84. The van der Waals surface area contributed by atoms with Gasteiger partial charge >= 0.3 is 0 Å². The summed E-state index contributed by atoms with van der Waals surface area (Å²) < 4.78 is 50.6. The number of sulfone groups is 1. The molecule has 0 bridgehead atoms. The number of halogens is 2. The summed E-state index contributed by atoms with van der Waals surface area (Å²) in [4.78, 5) is 14.1. The largest absolute Gasteiger partial charge is 0.488 e. The van der Waals surface area contributed by atoms with Crippen molar-refractivity contribution in [3.63, 3.8) is 0 Å². The first-order valence-electron chi connectivity index (χ1n) is 14.8. The van der Waals surface area contributed by atoms with E-state index in [1.165, 1.54) is 18.5 Å². The van der Waals surface area contributed by atoms with Gasteiger partial charge in [0.05, 0.1) is 37.9 Å². The summed E-state index contributed by atoms with van der Waals surface area (Å²) in [7, 11) is -3.35. The molecule has 0 unspecified atom stereocenters. The smallest absolute Gasteiger partial charge is 0.180 e. The lowest BCUT2D eigenvalue weighted by Crippen LogP contribution is -2.13. The highest BCUT2D eigenvalue weighted by molar-refractivity contribution is 9.10. The quantitative estimate of drug-likeness (QED) is 0.111. The highest BCUT2D eigenvalue weighted by atomic mass is 79.9. The van der Waals surface area contributed by atoms with Crippen LogP contribution in [0.5, 0.6) is 5.75 Å². The van der Waals surface area contributed by atoms with Gasteiger partial charge in [0, 0.05) is 35.0 Å². The zero-order valence-corrected chi connectivity index (χ0v) is 28.3. The maximum Gasteiger partial charge on any atom is 0.180 e. The van der Waals surface area contributed by atoms with Crippen LogP contribution < -0.4 is 10.1 Å². The Morgan fingerprint density at radius 3 is 2.62 bits per heavy atom. The van der Waals surface area contributed by atoms with E-state index < -0.39 is 9.84 Å². The Hall–Kier alpha value is -4.23. The van der Waals surface area contributed by atoms with Crippen LogP contribution in [0.15, 0.2) is 112 Å². The average molecular weight is 734 g/mol. The van der Waals surface area contributed by atoms with E-state index in [9.17, 15) is 12.8 Å². The fourth-order valence-corrected chi connectivity index (χ4v) is 7.32. The Morgan fingerprint density at radius 1 is 0.915 bits per heavy atom. The third-order valence-electron chi connectivity index (χ3n) is 7.24. The van der Waals surface area contributed by atoms with Crippen molar-refractivity contribution in [2.24, 2.45) is 0 Å². The van der Waals surface area contributed by atoms with Crippen molar-refractivity contribution in [3.05, 3.63) is 124 Å². The molecular formula is C35H30BrFN4O4S2. The van der Waals surface area contributed by atoms with Crippen LogP contribution >= 0.6 is 27.3 Å². The summed E-state index contributed by atoms with van der Waals surface area (Å²) in [6.45, 7) is 0.856. The number of rotatable bonds is 14. The molecule has 12 heteroatoms. The highest BCUT2D eigenvalue weighted by Gasteiger charge is 2.14. The first-order valence-corrected chi connectivity index (χ1v) is 18.2. The van der Waals surface area contributed by atoms with Crippen LogP contribution in [0.1, 0.15) is 17.0 Å². The number of anilines is 2. The van der Waals surface area contributed by atoms with Gasteiger partial charge in [-0.25, -0.2) is 27.8 Å². The second-order valence-electron chi connectivity index (χ2n) is 10.6. The second kappa shape index (κ2) is 15.1. The fraction of sp³-hybridized carbons (Fsp3) is 0.171. The van der Waals surface area contributed by atoms with Crippen LogP contribution in [0, 0.1) is 5.82 Å². The number of hydrogen-bond donors (Lipinski definition) is 1. The molecule has 0 amide bonds. The molecule has 0 saturated heterocycles. The predicted molar refractivity (Wildman–Crippen MR) is 186 cm³/mol. The minimum atomic E-state index is -3.35. The molecule has 0 spiro atoms. The summed E-state index contributed by atoms with van der Waals surface area (Å²) in [5.41, 5.74) is 4.15. The van der Waals surface area contributed by atoms with Gasteiger partial charge in [-0.15, -0.1) is 11.3 Å². The summed E-state index contributed by atoms with van der Waals surface area (Å²) in [6.07, 6.45) is 2.99. The van der Waals surface area contributed by atoms with Crippen LogP contribution in [0.4, 0.5) is 15.9 Å². The Bertz CT molecular complexity index is 2100. The first kappa shape index (κ1) is 32.7. The lowest BCUT2D eigenvalue weighted by atomic mass is 10.1. The minimum absolute atomic E-state index is 0.0457. The van der Waals surface area contributed by atoms with Crippen LogP contribution in [-0.4, -0.2) is 42.3 Å². The number of ether oxygens (including phenoxy) is 2. The average Bonchev–Trinajstić information content (AvgIpc) is 3.55. The number of aromatic nitrogens is 3.